The number of ketones is 1. The van der Waals surface area contributed by atoms with Crippen LogP contribution in [0.25, 0.3) is 0 Å². The van der Waals surface area contributed by atoms with Gasteiger partial charge in [-0.25, -0.2) is 4.39 Å². The summed E-state index contributed by atoms with van der Waals surface area (Å²) in [7, 11) is 0. The maximum atomic E-state index is 14.3. The number of hydrogen-bond acceptors (Lipinski definition) is 4. The Morgan fingerprint density at radius 2 is 2.04 bits per heavy atom. The Labute approximate surface area is 157 Å². The molecule has 1 aliphatic heterocycles. The number of thiophene rings is 1. The summed E-state index contributed by atoms with van der Waals surface area (Å²) in [5.74, 6) is -0.0934. The number of hydrogen-bond donors (Lipinski definition) is 1. The van der Waals surface area contributed by atoms with Gasteiger partial charge in [0, 0.05) is 13.1 Å². The van der Waals surface area contributed by atoms with Crippen LogP contribution in [0.3, 0.4) is 0 Å². The van der Waals surface area contributed by atoms with Gasteiger partial charge in [-0.3, -0.25) is 9.59 Å². The number of rotatable bonds is 4. The van der Waals surface area contributed by atoms with E-state index in [9.17, 15) is 14.0 Å². The van der Waals surface area contributed by atoms with E-state index in [2.05, 4.69) is 12.2 Å². The number of amides is 1. The molecule has 1 N–H and O–H groups in total. The normalized spacial score (nSPS) is 16.8. The van der Waals surface area contributed by atoms with Gasteiger partial charge < -0.3 is 10.2 Å². The average molecular weight is 374 g/mol. The predicted molar refractivity (Wildman–Crippen MR) is 103 cm³/mol. The van der Waals surface area contributed by atoms with Gasteiger partial charge in [0.1, 0.15) is 10.8 Å². The van der Waals surface area contributed by atoms with E-state index in [0.717, 1.165) is 12.0 Å². The highest BCUT2D eigenvalue weighted by molar-refractivity contribution is 7.18. The first-order valence-corrected chi connectivity index (χ1v) is 9.56. The summed E-state index contributed by atoms with van der Waals surface area (Å²) in [6, 6.07) is 4.90. The van der Waals surface area contributed by atoms with Crippen molar-refractivity contribution in [1.82, 2.24) is 4.90 Å². The Hall–Kier alpha value is -2.21. The zero-order chi connectivity index (χ0) is 19.0. The molecule has 4 nitrogen and oxygen atoms in total. The van der Waals surface area contributed by atoms with Crippen LogP contribution in [0.5, 0.6) is 0 Å². The van der Waals surface area contributed by atoms with Crippen molar-refractivity contribution in [3.8, 4) is 0 Å². The second kappa shape index (κ2) is 7.19. The summed E-state index contributed by atoms with van der Waals surface area (Å²) in [4.78, 5) is 27.4. The van der Waals surface area contributed by atoms with E-state index in [0.29, 0.717) is 45.7 Å². The number of likely N-dealkylation sites (tertiary alicyclic amines) is 1. The van der Waals surface area contributed by atoms with Gasteiger partial charge in [-0.05, 0) is 56.4 Å². The van der Waals surface area contributed by atoms with Crippen LogP contribution in [-0.2, 0) is 0 Å². The molecular weight excluding hydrogens is 351 g/mol. The van der Waals surface area contributed by atoms with E-state index in [-0.39, 0.29) is 17.5 Å². The SMILES string of the molecule is CC(=O)c1sc(Nc2ccc(C)cc2F)c(C(=O)N2CCC(C)C2)c1C. The third-order valence-electron chi connectivity index (χ3n) is 4.76. The van der Waals surface area contributed by atoms with Gasteiger partial charge in [0.2, 0.25) is 0 Å². The molecule has 2 aromatic rings. The van der Waals surface area contributed by atoms with Crippen molar-refractivity contribution in [2.75, 3.05) is 18.4 Å². The van der Waals surface area contributed by atoms with Crippen LogP contribution in [0.4, 0.5) is 15.1 Å². The minimum atomic E-state index is -0.381. The van der Waals surface area contributed by atoms with E-state index >= 15 is 0 Å². The smallest absolute Gasteiger partial charge is 0.257 e. The molecule has 3 rings (SSSR count). The fraction of sp³-hybridized carbons (Fsp3) is 0.400. The molecule has 138 valence electrons. The summed E-state index contributed by atoms with van der Waals surface area (Å²) < 4.78 is 14.3. The molecule has 26 heavy (non-hydrogen) atoms. The molecule has 1 aromatic heterocycles. The summed E-state index contributed by atoms with van der Waals surface area (Å²) >= 11 is 1.22. The van der Waals surface area contributed by atoms with Gasteiger partial charge in [-0.15, -0.1) is 11.3 Å². The summed E-state index contributed by atoms with van der Waals surface area (Å²) in [6.45, 7) is 8.64. The first-order chi connectivity index (χ1) is 12.3. The molecule has 1 fully saturated rings. The molecule has 0 aliphatic carbocycles. The number of nitrogens with zero attached hydrogens (tertiary/aromatic N) is 1. The first kappa shape index (κ1) is 18.6. The standard InChI is InChI=1S/C20H23FN2O2S/c1-11-5-6-16(15(21)9-11)22-19-17(13(3)18(26-19)14(4)24)20(25)23-8-7-12(2)10-23/h5-6,9,12,22H,7-8,10H2,1-4H3. The highest BCUT2D eigenvalue weighted by Crippen LogP contribution is 2.37. The summed E-state index contributed by atoms with van der Waals surface area (Å²) in [5.41, 5.74) is 2.27. The van der Waals surface area contributed by atoms with Crippen LogP contribution in [0, 0.1) is 25.6 Å². The lowest BCUT2D eigenvalue weighted by molar-refractivity contribution is 0.0789. The van der Waals surface area contributed by atoms with Gasteiger partial charge in [0.25, 0.3) is 5.91 Å². The van der Waals surface area contributed by atoms with E-state index in [1.807, 2.05) is 11.8 Å². The zero-order valence-corrected chi connectivity index (χ0v) is 16.3. The third kappa shape index (κ3) is 3.51. The van der Waals surface area contributed by atoms with Crippen LogP contribution in [-0.4, -0.2) is 29.7 Å². The van der Waals surface area contributed by atoms with Crippen LogP contribution in [0.15, 0.2) is 18.2 Å². The van der Waals surface area contributed by atoms with Crippen molar-refractivity contribution < 1.29 is 14.0 Å². The molecule has 1 aliphatic rings. The second-order valence-corrected chi connectivity index (χ2v) is 8.09. The molecule has 0 spiro atoms. The van der Waals surface area contributed by atoms with Crippen molar-refractivity contribution in [3.63, 3.8) is 0 Å². The molecule has 1 saturated heterocycles. The van der Waals surface area contributed by atoms with E-state index in [1.165, 1.54) is 24.3 Å². The van der Waals surface area contributed by atoms with Crippen LogP contribution < -0.4 is 5.32 Å². The Kier molecular flexibility index (Phi) is 5.14. The summed E-state index contributed by atoms with van der Waals surface area (Å²) in [6.07, 6.45) is 0.976. The van der Waals surface area contributed by atoms with E-state index in [4.69, 9.17) is 0 Å². The van der Waals surface area contributed by atoms with Crippen molar-refractivity contribution in [2.45, 2.75) is 34.1 Å². The fourth-order valence-corrected chi connectivity index (χ4v) is 4.42. The van der Waals surface area contributed by atoms with Crippen molar-refractivity contribution in [1.29, 1.82) is 0 Å². The van der Waals surface area contributed by atoms with Gasteiger partial charge in [-0.1, -0.05) is 13.0 Å². The Bertz CT molecular complexity index is 875. The largest absolute Gasteiger partial charge is 0.344 e. The lowest BCUT2D eigenvalue weighted by Crippen LogP contribution is -2.29. The lowest BCUT2D eigenvalue weighted by Gasteiger charge is -2.17. The number of nitrogens with one attached hydrogen (secondary N) is 1. The number of aryl methyl sites for hydroxylation is 1. The molecule has 1 aromatic carbocycles. The minimum absolute atomic E-state index is 0.0891. The predicted octanol–water partition coefficient (Wildman–Crippen LogP) is 4.93. The third-order valence-corrected chi connectivity index (χ3v) is 6.07. The Balaban J connectivity index is 2.02. The number of carbonyl (C=O) groups excluding carboxylic acids is 2. The monoisotopic (exact) mass is 374 g/mol. The number of carbonyl (C=O) groups is 2. The number of Topliss-reactive ketones (excluding diaryl/α,β-unsaturated/α-hetero) is 1. The lowest BCUT2D eigenvalue weighted by atomic mass is 10.1. The number of halogens is 1. The topological polar surface area (TPSA) is 49.4 Å². The quantitative estimate of drug-likeness (QED) is 0.772. The highest BCUT2D eigenvalue weighted by atomic mass is 32.1. The van der Waals surface area contributed by atoms with Gasteiger partial charge >= 0.3 is 0 Å². The van der Waals surface area contributed by atoms with Crippen LogP contribution >= 0.6 is 11.3 Å². The molecule has 2 heterocycles. The molecule has 0 radical (unpaired) electrons. The van der Waals surface area contributed by atoms with Gasteiger partial charge in [-0.2, -0.15) is 0 Å². The van der Waals surface area contributed by atoms with E-state index < -0.39 is 0 Å². The molecule has 1 unspecified atom stereocenters. The molecular formula is C20H23FN2O2S. The second-order valence-electron chi connectivity index (χ2n) is 7.07. The van der Waals surface area contributed by atoms with Crippen molar-refractivity contribution in [3.05, 3.63) is 45.6 Å². The fourth-order valence-electron chi connectivity index (χ4n) is 3.32. The maximum Gasteiger partial charge on any atom is 0.257 e. The maximum absolute atomic E-state index is 14.3. The number of benzene rings is 1. The molecule has 1 atom stereocenters. The van der Waals surface area contributed by atoms with Gasteiger partial charge in [0.05, 0.1) is 16.1 Å². The number of anilines is 2. The zero-order valence-electron chi connectivity index (χ0n) is 15.5. The molecule has 6 heteroatoms. The van der Waals surface area contributed by atoms with Crippen LogP contribution in [0.1, 0.15) is 51.4 Å². The summed E-state index contributed by atoms with van der Waals surface area (Å²) in [5, 5.41) is 3.57. The molecule has 0 bridgehead atoms. The van der Waals surface area contributed by atoms with Crippen molar-refractivity contribution >= 4 is 33.7 Å². The van der Waals surface area contributed by atoms with Gasteiger partial charge in [0.15, 0.2) is 5.78 Å². The molecule has 0 saturated carbocycles. The Morgan fingerprint density at radius 1 is 1.31 bits per heavy atom. The van der Waals surface area contributed by atoms with Crippen LogP contribution in [0.2, 0.25) is 0 Å². The molecule has 1 amide bonds. The van der Waals surface area contributed by atoms with Crippen molar-refractivity contribution in [2.24, 2.45) is 5.92 Å². The minimum Gasteiger partial charge on any atom is -0.344 e. The first-order valence-electron chi connectivity index (χ1n) is 8.74. The Morgan fingerprint density at radius 3 is 2.62 bits per heavy atom. The van der Waals surface area contributed by atoms with E-state index in [1.54, 1.807) is 19.1 Å². The average Bonchev–Trinajstić information content (AvgIpc) is 3.13. The highest BCUT2D eigenvalue weighted by Gasteiger charge is 2.30.